The highest BCUT2D eigenvalue weighted by Crippen LogP contribution is 1.95. The first kappa shape index (κ1) is 4.59. The highest BCUT2D eigenvalue weighted by Gasteiger charge is 1.95. The van der Waals surface area contributed by atoms with E-state index in [1.807, 2.05) is 0 Å². The maximum atomic E-state index is 10.3. The number of hydrogen-bond donors (Lipinski definition) is 0. The Morgan fingerprint density at radius 2 is 2.71 bits per heavy atom. The fraction of sp³-hybridized carbons (Fsp3) is 0.250. The highest BCUT2D eigenvalue weighted by molar-refractivity contribution is 7.09. The molecule has 0 amide bonds. The van der Waals surface area contributed by atoms with Crippen molar-refractivity contribution in [2.45, 2.75) is 6.92 Å². The normalized spacial score (nSPS) is 9.29. The van der Waals surface area contributed by atoms with Crippen molar-refractivity contribution >= 4 is 11.3 Å². The number of thiazole rings is 1. The van der Waals surface area contributed by atoms with E-state index in [2.05, 4.69) is 6.20 Å². The van der Waals surface area contributed by atoms with Gasteiger partial charge in [0.05, 0.1) is 5.38 Å². The van der Waals surface area contributed by atoms with Gasteiger partial charge in [0.1, 0.15) is 0 Å². The molecule has 0 aliphatic rings. The third kappa shape index (κ3) is 0.718. The van der Waals surface area contributed by atoms with Crippen LogP contribution in [0.4, 0.5) is 0 Å². The lowest BCUT2D eigenvalue weighted by molar-refractivity contribution is -0.610. The molecule has 0 unspecified atom stereocenters. The van der Waals surface area contributed by atoms with E-state index < -0.39 is 0 Å². The number of rotatable bonds is 0. The summed E-state index contributed by atoms with van der Waals surface area (Å²) in [5, 5.41) is 12.7. The number of hydrogen-bond acceptors (Lipinski definition) is 2. The molecule has 0 saturated carbocycles. The van der Waals surface area contributed by atoms with E-state index in [1.54, 1.807) is 12.3 Å². The van der Waals surface area contributed by atoms with E-state index in [1.165, 1.54) is 11.3 Å². The van der Waals surface area contributed by atoms with Gasteiger partial charge in [0, 0.05) is 6.92 Å². The molecule has 3 heteroatoms. The van der Waals surface area contributed by atoms with Crippen molar-refractivity contribution < 1.29 is 4.73 Å². The lowest BCUT2D eigenvalue weighted by atomic mass is 10.8. The van der Waals surface area contributed by atoms with Gasteiger partial charge in [-0.05, 0) is 0 Å². The zero-order valence-corrected chi connectivity index (χ0v) is 4.66. The van der Waals surface area contributed by atoms with Crippen molar-refractivity contribution in [2.75, 3.05) is 0 Å². The smallest absolute Gasteiger partial charge is 0.301 e. The molecule has 1 radical (unpaired) electrons. The van der Waals surface area contributed by atoms with Crippen LogP contribution in [0.15, 0.2) is 5.38 Å². The molecule has 0 N–H and O–H groups in total. The third-order valence-electron chi connectivity index (χ3n) is 0.685. The van der Waals surface area contributed by atoms with Gasteiger partial charge in [-0.3, -0.25) is 0 Å². The van der Waals surface area contributed by atoms with Gasteiger partial charge < -0.3 is 5.21 Å². The first-order chi connectivity index (χ1) is 3.30. The van der Waals surface area contributed by atoms with E-state index >= 15 is 0 Å². The van der Waals surface area contributed by atoms with Gasteiger partial charge in [-0.2, -0.15) is 4.73 Å². The molecule has 0 aliphatic carbocycles. The second kappa shape index (κ2) is 1.50. The van der Waals surface area contributed by atoms with Crippen molar-refractivity contribution in [1.82, 2.24) is 0 Å². The van der Waals surface area contributed by atoms with Crippen LogP contribution >= 0.6 is 11.3 Å². The number of aromatic nitrogens is 1. The molecule has 1 aromatic heterocycles. The summed E-state index contributed by atoms with van der Waals surface area (Å²) in [6.07, 6.45) is 2.45. The molecule has 7 heavy (non-hydrogen) atoms. The largest absolute Gasteiger partial charge is 0.617 e. The third-order valence-corrected chi connectivity index (χ3v) is 1.42. The Morgan fingerprint density at radius 3 is 2.86 bits per heavy atom. The molecule has 0 atom stereocenters. The predicted octanol–water partition coefficient (Wildman–Crippen LogP) is 0.490. The predicted molar refractivity (Wildman–Crippen MR) is 26.9 cm³/mol. The van der Waals surface area contributed by atoms with Crippen LogP contribution < -0.4 is 4.73 Å². The van der Waals surface area contributed by atoms with Crippen LogP contribution in [-0.2, 0) is 0 Å². The average Bonchev–Trinajstić information content (AvgIpc) is 1.91. The van der Waals surface area contributed by atoms with Crippen LogP contribution in [0.5, 0.6) is 0 Å². The Balaban J connectivity index is 3.12. The monoisotopic (exact) mass is 114 g/mol. The van der Waals surface area contributed by atoms with Crippen molar-refractivity contribution in [3.8, 4) is 0 Å². The minimum atomic E-state index is 0.727. The Labute approximate surface area is 45.6 Å². The van der Waals surface area contributed by atoms with E-state index in [0.29, 0.717) is 0 Å². The Morgan fingerprint density at radius 1 is 2.00 bits per heavy atom. The minimum absolute atomic E-state index is 0.727. The second-order valence-electron chi connectivity index (χ2n) is 1.18. The van der Waals surface area contributed by atoms with Crippen molar-refractivity contribution in [1.29, 1.82) is 0 Å². The molecule has 0 saturated heterocycles. The molecule has 0 spiro atoms. The fourth-order valence-electron chi connectivity index (χ4n) is 0.298. The Hall–Kier alpha value is -0.570. The number of aryl methyl sites for hydroxylation is 1. The Kier molecular flexibility index (Phi) is 0.982. The molecule has 2 nitrogen and oxygen atoms in total. The van der Waals surface area contributed by atoms with E-state index in [9.17, 15) is 5.21 Å². The standard InChI is InChI=1S/C4H4NOS/c1-4-5(6)2-3-7-4/h3H,1H3. The van der Waals surface area contributed by atoms with Crippen LogP contribution in [-0.4, -0.2) is 0 Å². The van der Waals surface area contributed by atoms with E-state index in [-0.39, 0.29) is 0 Å². The van der Waals surface area contributed by atoms with E-state index in [4.69, 9.17) is 0 Å². The number of nitrogens with zero attached hydrogens (tertiary/aromatic N) is 1. The average molecular weight is 114 g/mol. The first-order valence-corrected chi connectivity index (χ1v) is 2.74. The topological polar surface area (TPSA) is 26.9 Å². The summed E-state index contributed by atoms with van der Waals surface area (Å²) in [6, 6.07) is 0. The van der Waals surface area contributed by atoms with Gasteiger partial charge in [-0.15, -0.1) is 0 Å². The van der Waals surface area contributed by atoms with Gasteiger partial charge in [-0.1, -0.05) is 11.3 Å². The lowest BCUT2D eigenvalue weighted by Crippen LogP contribution is -2.25. The van der Waals surface area contributed by atoms with Crippen LogP contribution in [0, 0.1) is 18.3 Å². The van der Waals surface area contributed by atoms with Gasteiger partial charge >= 0.3 is 6.20 Å². The van der Waals surface area contributed by atoms with Gasteiger partial charge in [0.2, 0.25) is 5.01 Å². The summed E-state index contributed by atoms with van der Waals surface area (Å²) < 4.78 is 0.727. The quantitative estimate of drug-likeness (QED) is 0.356. The fourth-order valence-corrected chi connectivity index (χ4v) is 0.766. The summed E-state index contributed by atoms with van der Waals surface area (Å²) in [5.41, 5.74) is 0. The summed E-state index contributed by atoms with van der Waals surface area (Å²) in [6.45, 7) is 1.76. The van der Waals surface area contributed by atoms with Crippen molar-refractivity contribution in [3.05, 3.63) is 21.8 Å². The van der Waals surface area contributed by atoms with Crippen LogP contribution in [0.3, 0.4) is 0 Å². The molecule has 1 rings (SSSR count). The maximum Gasteiger partial charge on any atom is 0.301 e. The molecule has 37 valence electrons. The zero-order valence-electron chi connectivity index (χ0n) is 3.84. The maximum absolute atomic E-state index is 10.3. The van der Waals surface area contributed by atoms with Crippen molar-refractivity contribution in [2.24, 2.45) is 0 Å². The van der Waals surface area contributed by atoms with Crippen molar-refractivity contribution in [3.63, 3.8) is 0 Å². The van der Waals surface area contributed by atoms with E-state index in [0.717, 1.165) is 9.74 Å². The van der Waals surface area contributed by atoms with Crippen LogP contribution in [0.25, 0.3) is 0 Å². The molecule has 1 aromatic rings. The van der Waals surface area contributed by atoms with Crippen LogP contribution in [0.2, 0.25) is 0 Å². The zero-order chi connectivity index (χ0) is 5.28. The molecular formula is C4H4NOS. The second-order valence-corrected chi connectivity index (χ2v) is 2.24. The summed E-state index contributed by atoms with van der Waals surface area (Å²) in [4.78, 5) is 0. The van der Waals surface area contributed by atoms with Gasteiger partial charge in [-0.25, -0.2) is 0 Å². The summed E-state index contributed by atoms with van der Waals surface area (Å²) in [7, 11) is 0. The summed E-state index contributed by atoms with van der Waals surface area (Å²) in [5.74, 6) is 0. The first-order valence-electron chi connectivity index (χ1n) is 1.86. The molecule has 0 aliphatic heterocycles. The van der Waals surface area contributed by atoms with Gasteiger partial charge in [0.15, 0.2) is 0 Å². The lowest BCUT2D eigenvalue weighted by Gasteiger charge is -1.84. The Bertz CT molecular complexity index is 144. The van der Waals surface area contributed by atoms with Gasteiger partial charge in [0.25, 0.3) is 0 Å². The molecule has 0 fully saturated rings. The molecular weight excluding hydrogens is 110 g/mol. The van der Waals surface area contributed by atoms with Crippen LogP contribution in [0.1, 0.15) is 5.01 Å². The molecule has 0 aromatic carbocycles. The molecule has 0 bridgehead atoms. The summed E-state index contributed by atoms with van der Waals surface area (Å²) >= 11 is 1.40. The minimum Gasteiger partial charge on any atom is -0.617 e. The SMILES string of the molecule is Cc1sc[c][n+]1[O-]. The molecule has 1 heterocycles. The highest BCUT2D eigenvalue weighted by atomic mass is 32.1.